The van der Waals surface area contributed by atoms with Crippen LogP contribution in [0.2, 0.25) is 30.1 Å². The van der Waals surface area contributed by atoms with Crippen molar-refractivity contribution in [1.82, 2.24) is 0 Å². The maximum absolute atomic E-state index is 14.9. The molecule has 258 valence electrons. The first-order valence-corrected chi connectivity index (χ1v) is 15.8. The molecule has 4 N–H and O–H groups in total. The zero-order valence-electron chi connectivity index (χ0n) is 24.3. The lowest BCUT2D eigenvalue weighted by atomic mass is 10.2. The van der Waals surface area contributed by atoms with E-state index in [2.05, 4.69) is 21.3 Å². The highest BCUT2D eigenvalue weighted by atomic mass is 35.5. The molecule has 0 aliphatic rings. The first-order valence-electron chi connectivity index (χ1n) is 13.6. The molecule has 0 saturated heterocycles. The molecule has 0 saturated carbocycles. The van der Waals surface area contributed by atoms with Gasteiger partial charge in [0, 0.05) is 21.4 Å². The van der Waals surface area contributed by atoms with Crippen molar-refractivity contribution in [2.24, 2.45) is 0 Å². The molecule has 5 aromatic rings. The molecule has 0 bridgehead atoms. The van der Waals surface area contributed by atoms with Crippen molar-refractivity contribution in [2.75, 3.05) is 21.3 Å². The van der Waals surface area contributed by atoms with Crippen molar-refractivity contribution >= 4 is 104 Å². The molecule has 5 rings (SSSR count). The van der Waals surface area contributed by atoms with Crippen LogP contribution >= 0.6 is 69.6 Å². The Bertz CT molecular complexity index is 1900. The van der Waals surface area contributed by atoms with Crippen LogP contribution in [0.1, 0.15) is 0 Å². The molecule has 50 heavy (non-hydrogen) atoms. The van der Waals surface area contributed by atoms with Crippen LogP contribution in [0.4, 0.5) is 49.9 Å². The van der Waals surface area contributed by atoms with Gasteiger partial charge in [-0.25, -0.2) is 9.59 Å². The molecule has 4 amide bonds. The number of hydrogen-bond acceptors (Lipinski definition) is 4. The van der Waals surface area contributed by atoms with Gasteiger partial charge in [0.05, 0.1) is 31.5 Å². The molecular formula is C32H16Cl6F4N4O4. The number of ether oxygens (including phenoxy) is 2. The van der Waals surface area contributed by atoms with Crippen molar-refractivity contribution in [3.05, 3.63) is 126 Å². The van der Waals surface area contributed by atoms with Crippen molar-refractivity contribution in [3.63, 3.8) is 0 Å². The van der Waals surface area contributed by atoms with E-state index >= 15 is 0 Å². The van der Waals surface area contributed by atoms with Crippen LogP contribution in [0.15, 0.2) is 72.8 Å². The summed E-state index contributed by atoms with van der Waals surface area (Å²) in [7, 11) is 0. The van der Waals surface area contributed by atoms with Crippen molar-refractivity contribution in [3.8, 4) is 23.0 Å². The fourth-order valence-electron chi connectivity index (χ4n) is 4.09. The normalized spacial score (nSPS) is 10.8. The van der Waals surface area contributed by atoms with E-state index in [0.29, 0.717) is 0 Å². The summed E-state index contributed by atoms with van der Waals surface area (Å²) in [5.41, 5.74) is 0.573. The predicted molar refractivity (Wildman–Crippen MR) is 188 cm³/mol. The highest BCUT2D eigenvalue weighted by molar-refractivity contribution is 6.43. The quantitative estimate of drug-likeness (QED) is 0.0926. The molecule has 0 fully saturated rings. The third-order valence-corrected chi connectivity index (χ3v) is 7.97. The fourth-order valence-corrected chi connectivity index (χ4v) is 5.92. The Balaban J connectivity index is 1.23. The van der Waals surface area contributed by atoms with E-state index in [1.54, 1.807) is 0 Å². The van der Waals surface area contributed by atoms with Crippen LogP contribution in [-0.2, 0) is 0 Å². The number of anilines is 4. The highest BCUT2D eigenvalue weighted by Crippen LogP contribution is 2.40. The Morgan fingerprint density at radius 1 is 0.460 bits per heavy atom. The third kappa shape index (κ3) is 8.70. The minimum Gasteiger partial charge on any atom is -0.451 e. The fraction of sp³-hybridized carbons (Fsp3) is 0. The second-order valence-electron chi connectivity index (χ2n) is 9.81. The molecule has 0 unspecified atom stereocenters. The average molecular weight is 809 g/mol. The van der Waals surface area contributed by atoms with Gasteiger partial charge in [-0.2, -0.15) is 17.6 Å². The maximum atomic E-state index is 14.9. The standard InChI is InChI=1S/C32H16Cl6F4N4O4/c33-13-9-19(35)27(20(36)10-13)45-31(47)43-15-1-5-17(6-2-15)49-29-23(39)25(41)30(26(42)24(29)40)50-18-7-3-16(4-8-18)44-32(48)46-28-21(37)11-14(34)12-22(28)38/h1-12H,(H2,43,45,47)(H2,44,46,48). The molecule has 0 aliphatic carbocycles. The lowest BCUT2D eigenvalue weighted by molar-refractivity contribution is 0.261. The van der Waals surface area contributed by atoms with E-state index in [1.807, 2.05) is 0 Å². The zero-order chi connectivity index (χ0) is 36.3. The van der Waals surface area contributed by atoms with E-state index in [1.165, 1.54) is 72.8 Å². The first-order chi connectivity index (χ1) is 23.7. The second kappa shape index (κ2) is 15.7. The molecule has 8 nitrogen and oxygen atoms in total. The first kappa shape index (κ1) is 37.0. The molecular weight excluding hydrogens is 793 g/mol. The number of hydrogen-bond donors (Lipinski definition) is 4. The summed E-state index contributed by atoms with van der Waals surface area (Å²) in [6.07, 6.45) is 0. The van der Waals surface area contributed by atoms with Gasteiger partial charge < -0.3 is 30.7 Å². The van der Waals surface area contributed by atoms with Gasteiger partial charge in [-0.15, -0.1) is 0 Å². The summed E-state index contributed by atoms with van der Waals surface area (Å²) in [5.74, 6) is -10.8. The summed E-state index contributed by atoms with van der Waals surface area (Å²) >= 11 is 35.9. The third-order valence-electron chi connectivity index (χ3n) is 6.34. The van der Waals surface area contributed by atoms with Gasteiger partial charge in [0.1, 0.15) is 11.5 Å². The Hall–Kier alpha value is -4.30. The summed E-state index contributed by atoms with van der Waals surface area (Å²) in [6, 6.07) is 13.8. The summed E-state index contributed by atoms with van der Waals surface area (Å²) in [6.45, 7) is 0. The minimum absolute atomic E-state index is 0.0851. The van der Waals surface area contributed by atoms with Gasteiger partial charge in [0.15, 0.2) is 0 Å². The molecule has 0 aliphatic heterocycles. The van der Waals surface area contributed by atoms with E-state index in [9.17, 15) is 27.2 Å². The van der Waals surface area contributed by atoms with Crippen LogP contribution in [-0.4, -0.2) is 12.1 Å². The number of amides is 4. The Morgan fingerprint density at radius 2 is 0.740 bits per heavy atom. The SMILES string of the molecule is O=C(Nc1ccc(Oc2c(F)c(F)c(Oc3ccc(NC(=O)Nc4c(Cl)cc(Cl)cc4Cl)cc3)c(F)c2F)cc1)Nc1c(Cl)cc(Cl)cc1Cl. The maximum Gasteiger partial charge on any atom is 0.323 e. The number of carbonyl (C=O) groups excluding carboxylic acids is 2. The van der Waals surface area contributed by atoms with E-state index in [4.69, 9.17) is 79.1 Å². The summed E-state index contributed by atoms with van der Waals surface area (Å²) in [4.78, 5) is 24.8. The van der Waals surface area contributed by atoms with Crippen LogP contribution in [0.3, 0.4) is 0 Å². The highest BCUT2D eigenvalue weighted by Gasteiger charge is 2.29. The lowest BCUT2D eigenvalue weighted by Gasteiger charge is -2.14. The number of halogens is 10. The topological polar surface area (TPSA) is 101 Å². The van der Waals surface area contributed by atoms with Crippen LogP contribution in [0.25, 0.3) is 0 Å². The number of benzene rings is 5. The van der Waals surface area contributed by atoms with Gasteiger partial charge in [0.2, 0.25) is 34.8 Å². The monoisotopic (exact) mass is 806 g/mol. The molecule has 0 heterocycles. The minimum atomic E-state index is -1.88. The zero-order valence-corrected chi connectivity index (χ0v) is 28.9. The molecule has 18 heteroatoms. The van der Waals surface area contributed by atoms with Gasteiger partial charge in [-0.1, -0.05) is 69.6 Å². The average Bonchev–Trinajstić information content (AvgIpc) is 3.05. The molecule has 0 radical (unpaired) electrons. The van der Waals surface area contributed by atoms with Crippen LogP contribution in [0, 0.1) is 23.3 Å². The van der Waals surface area contributed by atoms with Crippen molar-refractivity contribution in [2.45, 2.75) is 0 Å². The smallest absolute Gasteiger partial charge is 0.323 e. The van der Waals surface area contributed by atoms with Crippen LogP contribution in [0.5, 0.6) is 23.0 Å². The van der Waals surface area contributed by atoms with E-state index in [0.717, 1.165) is 0 Å². The van der Waals surface area contributed by atoms with Gasteiger partial charge >= 0.3 is 12.1 Å². The number of nitrogens with one attached hydrogen (secondary N) is 4. The van der Waals surface area contributed by atoms with Crippen molar-refractivity contribution in [1.29, 1.82) is 0 Å². The predicted octanol–water partition coefficient (Wildman–Crippen LogP) is 13.0. The lowest BCUT2D eigenvalue weighted by Crippen LogP contribution is -2.19. The molecule has 0 aromatic heterocycles. The largest absolute Gasteiger partial charge is 0.451 e. The number of carbonyl (C=O) groups is 2. The second-order valence-corrected chi connectivity index (χ2v) is 12.3. The van der Waals surface area contributed by atoms with Gasteiger partial charge in [0.25, 0.3) is 0 Å². The number of rotatable bonds is 8. The molecule has 0 atom stereocenters. The van der Waals surface area contributed by atoms with E-state index in [-0.39, 0.29) is 64.4 Å². The Kier molecular flexibility index (Phi) is 11.6. The van der Waals surface area contributed by atoms with E-state index < -0.39 is 46.8 Å². The Labute approximate surface area is 310 Å². The number of urea groups is 2. The van der Waals surface area contributed by atoms with Gasteiger partial charge in [-0.05, 0) is 72.8 Å². The van der Waals surface area contributed by atoms with Gasteiger partial charge in [-0.3, -0.25) is 0 Å². The molecule has 5 aromatic carbocycles. The summed E-state index contributed by atoms with van der Waals surface area (Å²) < 4.78 is 70.0. The Morgan fingerprint density at radius 3 is 1.02 bits per heavy atom. The van der Waals surface area contributed by atoms with Crippen LogP contribution < -0.4 is 30.7 Å². The van der Waals surface area contributed by atoms with Crippen molar-refractivity contribution < 1.29 is 36.6 Å². The molecule has 0 spiro atoms. The summed E-state index contributed by atoms with van der Waals surface area (Å²) in [5, 5.41) is 10.7.